The Morgan fingerprint density at radius 3 is 2.89 bits per heavy atom. The van der Waals surface area contributed by atoms with Gasteiger partial charge in [-0.05, 0) is 26.0 Å². The number of alkyl halides is 1. The second-order valence-electron chi connectivity index (χ2n) is 4.71. The number of rotatable bonds is 3. The molecule has 2 heterocycles. The van der Waals surface area contributed by atoms with Crippen LogP contribution in [0.1, 0.15) is 30.6 Å². The predicted octanol–water partition coefficient (Wildman–Crippen LogP) is 2.20. The topological polar surface area (TPSA) is 42.4 Å². The van der Waals surface area contributed by atoms with Crippen molar-refractivity contribution in [2.45, 2.75) is 25.9 Å². The highest BCUT2D eigenvalue weighted by Crippen LogP contribution is 2.28. The number of ether oxygens (including phenoxy) is 1. The minimum Gasteiger partial charge on any atom is -0.462 e. The van der Waals surface area contributed by atoms with Gasteiger partial charge in [-0.15, -0.1) is 0 Å². The Kier molecular flexibility index (Phi) is 3.50. The lowest BCUT2D eigenvalue weighted by atomic mass is 10.1. The van der Waals surface area contributed by atoms with E-state index in [2.05, 4.69) is 4.98 Å². The van der Waals surface area contributed by atoms with Gasteiger partial charge in [-0.25, -0.2) is 14.2 Å². The summed E-state index contributed by atoms with van der Waals surface area (Å²) in [5.41, 5.74) is -0.732. The summed E-state index contributed by atoms with van der Waals surface area (Å²) in [5, 5.41) is 0. The molecule has 1 fully saturated rings. The number of halogens is 1. The summed E-state index contributed by atoms with van der Waals surface area (Å²) >= 11 is 0. The fourth-order valence-corrected chi connectivity index (χ4v) is 2.03. The van der Waals surface area contributed by atoms with Gasteiger partial charge in [0.05, 0.1) is 18.7 Å². The SMILES string of the molecule is CCOC(=O)c1ccc(N2CC[C@@](C)(F)C2)nc1. The maximum Gasteiger partial charge on any atom is 0.339 e. The number of carbonyl (C=O) groups is 1. The Balaban J connectivity index is 2.06. The molecule has 0 unspecified atom stereocenters. The first-order chi connectivity index (χ1) is 8.52. The van der Waals surface area contributed by atoms with Crippen molar-refractivity contribution < 1.29 is 13.9 Å². The van der Waals surface area contributed by atoms with E-state index in [0.717, 1.165) is 0 Å². The number of esters is 1. The molecule has 98 valence electrons. The molecule has 5 heteroatoms. The average Bonchev–Trinajstić information content (AvgIpc) is 2.70. The summed E-state index contributed by atoms with van der Waals surface area (Å²) in [4.78, 5) is 17.5. The van der Waals surface area contributed by atoms with Crippen molar-refractivity contribution in [1.29, 1.82) is 0 Å². The van der Waals surface area contributed by atoms with E-state index in [4.69, 9.17) is 4.74 Å². The molecule has 0 bridgehead atoms. The Morgan fingerprint density at radius 1 is 1.61 bits per heavy atom. The molecule has 0 aromatic carbocycles. The molecule has 0 radical (unpaired) electrons. The fraction of sp³-hybridized carbons (Fsp3) is 0.538. The fourth-order valence-electron chi connectivity index (χ4n) is 2.03. The maximum absolute atomic E-state index is 13.7. The molecule has 1 aliphatic rings. The molecule has 0 aliphatic carbocycles. The van der Waals surface area contributed by atoms with Gasteiger partial charge in [-0.2, -0.15) is 0 Å². The van der Waals surface area contributed by atoms with Crippen LogP contribution in [0.15, 0.2) is 18.3 Å². The van der Waals surface area contributed by atoms with Crippen LogP contribution in [0.2, 0.25) is 0 Å². The lowest BCUT2D eigenvalue weighted by molar-refractivity contribution is 0.0526. The van der Waals surface area contributed by atoms with Gasteiger partial charge in [0, 0.05) is 19.2 Å². The van der Waals surface area contributed by atoms with Crippen LogP contribution in [0.3, 0.4) is 0 Å². The standard InChI is InChI=1S/C13H17FN2O2/c1-3-18-12(17)10-4-5-11(15-8-10)16-7-6-13(2,14)9-16/h4-5,8H,3,6-7,9H2,1-2H3/t13-/m1/s1. The summed E-state index contributed by atoms with van der Waals surface area (Å²) in [6.07, 6.45) is 1.98. The van der Waals surface area contributed by atoms with Gasteiger partial charge in [-0.1, -0.05) is 0 Å². The van der Waals surface area contributed by atoms with E-state index in [-0.39, 0.29) is 5.97 Å². The molecule has 1 aromatic heterocycles. The van der Waals surface area contributed by atoms with E-state index in [1.54, 1.807) is 26.0 Å². The van der Waals surface area contributed by atoms with E-state index in [1.807, 2.05) is 4.90 Å². The first kappa shape index (κ1) is 12.8. The molecular formula is C13H17FN2O2. The number of nitrogens with zero attached hydrogens (tertiary/aromatic N) is 2. The van der Waals surface area contributed by atoms with Crippen molar-refractivity contribution in [3.05, 3.63) is 23.9 Å². The van der Waals surface area contributed by atoms with Crippen molar-refractivity contribution in [3.63, 3.8) is 0 Å². The lowest BCUT2D eigenvalue weighted by Gasteiger charge is -2.18. The van der Waals surface area contributed by atoms with E-state index in [9.17, 15) is 9.18 Å². The predicted molar refractivity (Wildman–Crippen MR) is 66.5 cm³/mol. The smallest absolute Gasteiger partial charge is 0.339 e. The summed E-state index contributed by atoms with van der Waals surface area (Å²) in [7, 11) is 0. The van der Waals surface area contributed by atoms with Gasteiger partial charge in [0.25, 0.3) is 0 Å². The van der Waals surface area contributed by atoms with Crippen LogP contribution < -0.4 is 4.90 Å². The largest absolute Gasteiger partial charge is 0.462 e. The molecule has 1 aromatic rings. The molecule has 1 aliphatic heterocycles. The minimum absolute atomic E-state index is 0.340. The summed E-state index contributed by atoms with van der Waals surface area (Å²) in [5.74, 6) is 0.317. The van der Waals surface area contributed by atoms with Gasteiger partial charge in [0.2, 0.25) is 0 Å². The normalized spacial score (nSPS) is 23.2. The van der Waals surface area contributed by atoms with Crippen molar-refractivity contribution >= 4 is 11.8 Å². The van der Waals surface area contributed by atoms with Crippen molar-refractivity contribution in [3.8, 4) is 0 Å². The third-order valence-corrected chi connectivity index (χ3v) is 3.01. The van der Waals surface area contributed by atoms with E-state index in [0.29, 0.717) is 37.5 Å². The number of hydrogen-bond acceptors (Lipinski definition) is 4. The third kappa shape index (κ3) is 2.78. The van der Waals surface area contributed by atoms with Gasteiger partial charge in [0.1, 0.15) is 11.5 Å². The van der Waals surface area contributed by atoms with Crippen molar-refractivity contribution in [2.75, 3.05) is 24.6 Å². The summed E-state index contributed by atoms with van der Waals surface area (Å²) in [6, 6.07) is 3.39. The molecule has 0 N–H and O–H groups in total. The van der Waals surface area contributed by atoms with Gasteiger partial charge in [0.15, 0.2) is 0 Å². The average molecular weight is 252 g/mol. The molecule has 4 nitrogen and oxygen atoms in total. The highest BCUT2D eigenvalue weighted by atomic mass is 19.1. The molecule has 1 atom stereocenters. The van der Waals surface area contributed by atoms with Crippen LogP contribution in [-0.4, -0.2) is 36.3 Å². The molecule has 2 rings (SSSR count). The Labute approximate surface area is 106 Å². The highest BCUT2D eigenvalue weighted by molar-refractivity contribution is 5.89. The second-order valence-corrected chi connectivity index (χ2v) is 4.71. The molecular weight excluding hydrogens is 235 g/mol. The number of carbonyl (C=O) groups excluding carboxylic acids is 1. The molecule has 0 amide bonds. The zero-order valence-corrected chi connectivity index (χ0v) is 10.6. The Bertz CT molecular complexity index is 431. The summed E-state index contributed by atoms with van der Waals surface area (Å²) in [6.45, 7) is 4.69. The van der Waals surface area contributed by atoms with Crippen molar-refractivity contribution in [1.82, 2.24) is 4.98 Å². The Morgan fingerprint density at radius 2 is 2.39 bits per heavy atom. The van der Waals surface area contributed by atoms with Gasteiger partial charge < -0.3 is 9.64 Å². The van der Waals surface area contributed by atoms with Crippen LogP contribution >= 0.6 is 0 Å². The molecule has 1 saturated heterocycles. The zero-order valence-electron chi connectivity index (χ0n) is 10.6. The number of anilines is 1. The zero-order chi connectivity index (χ0) is 13.2. The molecule has 18 heavy (non-hydrogen) atoms. The van der Waals surface area contributed by atoms with Crippen LogP contribution in [0.25, 0.3) is 0 Å². The van der Waals surface area contributed by atoms with Crippen LogP contribution in [0.4, 0.5) is 10.2 Å². The second kappa shape index (κ2) is 4.92. The van der Waals surface area contributed by atoms with Crippen molar-refractivity contribution in [2.24, 2.45) is 0 Å². The lowest BCUT2D eigenvalue weighted by Crippen LogP contribution is -2.26. The highest BCUT2D eigenvalue weighted by Gasteiger charge is 2.34. The summed E-state index contributed by atoms with van der Waals surface area (Å²) < 4.78 is 18.6. The van der Waals surface area contributed by atoms with Crippen LogP contribution in [-0.2, 0) is 4.74 Å². The maximum atomic E-state index is 13.7. The first-order valence-corrected chi connectivity index (χ1v) is 6.09. The van der Waals surface area contributed by atoms with Crippen LogP contribution in [0, 0.1) is 0 Å². The quantitative estimate of drug-likeness (QED) is 0.773. The number of pyridine rings is 1. The molecule has 0 spiro atoms. The van der Waals surface area contributed by atoms with E-state index >= 15 is 0 Å². The van der Waals surface area contributed by atoms with Crippen LogP contribution in [0.5, 0.6) is 0 Å². The van der Waals surface area contributed by atoms with E-state index < -0.39 is 5.67 Å². The number of hydrogen-bond donors (Lipinski definition) is 0. The minimum atomic E-state index is -1.15. The first-order valence-electron chi connectivity index (χ1n) is 6.09. The molecule has 0 saturated carbocycles. The van der Waals surface area contributed by atoms with Gasteiger partial charge in [-0.3, -0.25) is 0 Å². The number of aromatic nitrogens is 1. The third-order valence-electron chi connectivity index (χ3n) is 3.01. The monoisotopic (exact) mass is 252 g/mol. The van der Waals surface area contributed by atoms with E-state index in [1.165, 1.54) is 6.20 Å². The van der Waals surface area contributed by atoms with Gasteiger partial charge >= 0.3 is 5.97 Å². The Hall–Kier alpha value is -1.65.